The summed E-state index contributed by atoms with van der Waals surface area (Å²) in [7, 11) is 0. The number of hydrogen-bond acceptors (Lipinski definition) is 5. The zero-order chi connectivity index (χ0) is 19.3. The third kappa shape index (κ3) is 4.22. The summed E-state index contributed by atoms with van der Waals surface area (Å²) in [6.45, 7) is 4.08. The molecule has 3 aromatic rings. The van der Waals surface area contributed by atoms with Gasteiger partial charge in [0.25, 0.3) is 5.91 Å². The van der Waals surface area contributed by atoms with Gasteiger partial charge in [-0.2, -0.15) is 0 Å². The molecule has 0 atom stereocenters. The summed E-state index contributed by atoms with van der Waals surface area (Å²) in [5.41, 5.74) is 3.92. The largest absolute Gasteiger partial charge is 0.371 e. The van der Waals surface area contributed by atoms with Gasteiger partial charge in [0.1, 0.15) is 10.7 Å². The third-order valence-electron chi connectivity index (χ3n) is 5.13. The zero-order valence-corrected chi connectivity index (χ0v) is 16.8. The monoisotopic (exact) mass is 392 g/mol. The Morgan fingerprint density at radius 3 is 2.82 bits per heavy atom. The van der Waals surface area contributed by atoms with Gasteiger partial charge in [-0.3, -0.25) is 9.78 Å². The quantitative estimate of drug-likeness (QED) is 0.708. The Balaban J connectivity index is 1.33. The smallest absolute Gasteiger partial charge is 0.270 e. The van der Waals surface area contributed by atoms with Crippen molar-refractivity contribution in [3.8, 4) is 10.7 Å². The number of amides is 1. The Hall–Kier alpha value is -2.73. The van der Waals surface area contributed by atoms with Crippen molar-refractivity contribution >= 4 is 22.9 Å². The summed E-state index contributed by atoms with van der Waals surface area (Å²) in [5, 5.41) is 5.74. The molecule has 1 aliphatic rings. The molecule has 4 rings (SSSR count). The Labute approximate surface area is 169 Å². The highest BCUT2D eigenvalue weighted by Gasteiger charge is 2.22. The fourth-order valence-electron chi connectivity index (χ4n) is 3.50. The van der Waals surface area contributed by atoms with Gasteiger partial charge < -0.3 is 10.2 Å². The molecular formula is C22H24N4OS. The number of aromatic nitrogens is 2. The number of aryl methyl sites for hydroxylation is 1. The number of carbonyl (C=O) groups is 1. The van der Waals surface area contributed by atoms with Crippen LogP contribution in [0.1, 0.15) is 35.8 Å². The van der Waals surface area contributed by atoms with Crippen molar-refractivity contribution in [2.45, 2.75) is 32.2 Å². The van der Waals surface area contributed by atoms with Gasteiger partial charge in [-0.25, -0.2) is 4.98 Å². The summed E-state index contributed by atoms with van der Waals surface area (Å²) in [5.74, 6) is -0.0927. The minimum Gasteiger partial charge on any atom is -0.371 e. The fourth-order valence-corrected chi connectivity index (χ4v) is 4.27. The van der Waals surface area contributed by atoms with Gasteiger partial charge in [-0.05, 0) is 49.1 Å². The molecular weight excluding hydrogens is 368 g/mol. The van der Waals surface area contributed by atoms with Crippen molar-refractivity contribution in [2.75, 3.05) is 18.0 Å². The Kier molecular flexibility index (Phi) is 5.67. The van der Waals surface area contributed by atoms with Gasteiger partial charge in [0.2, 0.25) is 0 Å². The topological polar surface area (TPSA) is 58.1 Å². The highest BCUT2D eigenvalue weighted by molar-refractivity contribution is 7.13. The minimum atomic E-state index is -0.0927. The van der Waals surface area contributed by atoms with E-state index in [1.54, 1.807) is 6.20 Å². The number of pyridine rings is 1. The first-order valence-corrected chi connectivity index (χ1v) is 10.6. The highest BCUT2D eigenvalue weighted by atomic mass is 32.1. The van der Waals surface area contributed by atoms with E-state index in [0.29, 0.717) is 5.69 Å². The van der Waals surface area contributed by atoms with Crippen LogP contribution in [0.15, 0.2) is 54.0 Å². The van der Waals surface area contributed by atoms with E-state index in [1.807, 2.05) is 23.6 Å². The Bertz CT molecular complexity index is 932. The number of carbonyl (C=O) groups excluding carboxylic acids is 1. The number of piperidine rings is 1. The first-order chi connectivity index (χ1) is 13.7. The van der Waals surface area contributed by atoms with Crippen molar-refractivity contribution in [3.05, 3.63) is 65.3 Å². The maximum atomic E-state index is 12.6. The molecule has 0 aliphatic carbocycles. The average Bonchev–Trinajstić information content (AvgIpc) is 3.25. The van der Waals surface area contributed by atoms with Crippen LogP contribution in [-0.2, 0) is 6.42 Å². The lowest BCUT2D eigenvalue weighted by atomic mass is 10.0. The summed E-state index contributed by atoms with van der Waals surface area (Å²) >= 11 is 1.45. The molecule has 0 unspecified atom stereocenters. The molecule has 1 saturated heterocycles. The molecule has 0 saturated carbocycles. The molecule has 144 valence electrons. The van der Waals surface area contributed by atoms with Crippen LogP contribution in [0.5, 0.6) is 0 Å². The van der Waals surface area contributed by atoms with Crippen LogP contribution >= 0.6 is 11.3 Å². The van der Waals surface area contributed by atoms with E-state index >= 15 is 0 Å². The van der Waals surface area contributed by atoms with Crippen LogP contribution in [0, 0.1) is 0 Å². The van der Waals surface area contributed by atoms with Gasteiger partial charge in [0.05, 0.1) is 5.69 Å². The number of thiazole rings is 1. The third-order valence-corrected chi connectivity index (χ3v) is 6.00. The predicted molar refractivity (Wildman–Crippen MR) is 114 cm³/mol. The van der Waals surface area contributed by atoms with Crippen molar-refractivity contribution in [1.82, 2.24) is 15.3 Å². The van der Waals surface area contributed by atoms with Crippen LogP contribution in [0.3, 0.4) is 0 Å². The predicted octanol–water partition coefficient (Wildman–Crippen LogP) is 4.17. The SMILES string of the molecule is CCc1cccc(N2CCC(NC(=O)c3csc(-c4ccccn4)n3)CC2)c1. The second-order valence-corrected chi connectivity index (χ2v) is 7.87. The van der Waals surface area contributed by atoms with Crippen LogP contribution in [0.4, 0.5) is 5.69 Å². The maximum Gasteiger partial charge on any atom is 0.270 e. The van der Waals surface area contributed by atoms with Crippen molar-refractivity contribution in [3.63, 3.8) is 0 Å². The zero-order valence-electron chi connectivity index (χ0n) is 16.0. The molecule has 1 fully saturated rings. The van der Waals surface area contributed by atoms with E-state index in [9.17, 15) is 4.79 Å². The van der Waals surface area contributed by atoms with E-state index in [2.05, 4.69) is 51.4 Å². The first-order valence-electron chi connectivity index (χ1n) is 9.74. The molecule has 0 bridgehead atoms. The van der Waals surface area contributed by atoms with E-state index < -0.39 is 0 Å². The van der Waals surface area contributed by atoms with Gasteiger partial charge in [0.15, 0.2) is 0 Å². The maximum absolute atomic E-state index is 12.6. The van der Waals surface area contributed by atoms with Gasteiger partial charge in [-0.1, -0.05) is 25.1 Å². The Morgan fingerprint density at radius 1 is 1.21 bits per heavy atom. The van der Waals surface area contributed by atoms with Gasteiger partial charge >= 0.3 is 0 Å². The number of hydrogen-bond donors (Lipinski definition) is 1. The highest BCUT2D eigenvalue weighted by Crippen LogP contribution is 2.23. The lowest BCUT2D eigenvalue weighted by Gasteiger charge is -2.34. The molecule has 3 heterocycles. The minimum absolute atomic E-state index is 0.0927. The van der Waals surface area contributed by atoms with Crippen LogP contribution in [-0.4, -0.2) is 35.0 Å². The second-order valence-electron chi connectivity index (χ2n) is 7.01. The van der Waals surface area contributed by atoms with Crippen LogP contribution < -0.4 is 10.2 Å². The lowest BCUT2D eigenvalue weighted by Crippen LogP contribution is -2.44. The van der Waals surface area contributed by atoms with E-state index in [-0.39, 0.29) is 11.9 Å². The lowest BCUT2D eigenvalue weighted by molar-refractivity contribution is 0.0927. The van der Waals surface area contributed by atoms with Gasteiger partial charge in [-0.15, -0.1) is 11.3 Å². The molecule has 0 radical (unpaired) electrons. The van der Waals surface area contributed by atoms with Crippen LogP contribution in [0.2, 0.25) is 0 Å². The number of benzene rings is 1. The molecule has 6 heteroatoms. The molecule has 1 amide bonds. The first kappa shape index (κ1) is 18.6. The number of rotatable bonds is 5. The van der Waals surface area contributed by atoms with Crippen LogP contribution in [0.25, 0.3) is 10.7 Å². The standard InChI is InChI=1S/C22H24N4OS/c1-2-16-6-5-7-18(14-16)26-12-9-17(10-13-26)24-21(27)20-15-28-22(25-20)19-8-3-4-11-23-19/h3-8,11,14-15,17H,2,9-10,12-13H2,1H3,(H,24,27). The molecule has 1 aromatic carbocycles. The van der Waals surface area contributed by atoms with Crippen molar-refractivity contribution in [2.24, 2.45) is 0 Å². The van der Waals surface area contributed by atoms with Crippen molar-refractivity contribution < 1.29 is 4.79 Å². The average molecular weight is 393 g/mol. The fraction of sp³-hybridized carbons (Fsp3) is 0.318. The normalized spacial score (nSPS) is 14.8. The van der Waals surface area contributed by atoms with Crippen molar-refractivity contribution in [1.29, 1.82) is 0 Å². The molecule has 0 spiro atoms. The molecule has 2 aromatic heterocycles. The molecule has 1 N–H and O–H groups in total. The summed E-state index contributed by atoms with van der Waals surface area (Å²) in [4.78, 5) is 23.8. The number of nitrogens with zero attached hydrogens (tertiary/aromatic N) is 3. The van der Waals surface area contributed by atoms with E-state index in [1.165, 1.54) is 22.6 Å². The molecule has 1 aliphatic heterocycles. The summed E-state index contributed by atoms with van der Waals surface area (Å²) in [6, 6.07) is 14.6. The molecule has 5 nitrogen and oxygen atoms in total. The number of nitrogens with one attached hydrogen (secondary N) is 1. The van der Waals surface area contributed by atoms with E-state index in [0.717, 1.165) is 43.1 Å². The summed E-state index contributed by atoms with van der Waals surface area (Å²) in [6.07, 6.45) is 4.67. The van der Waals surface area contributed by atoms with Gasteiger partial charge in [0, 0.05) is 36.4 Å². The second kappa shape index (κ2) is 8.52. The Morgan fingerprint density at radius 2 is 2.07 bits per heavy atom. The number of anilines is 1. The summed E-state index contributed by atoms with van der Waals surface area (Å²) < 4.78 is 0. The van der Waals surface area contributed by atoms with E-state index in [4.69, 9.17) is 0 Å². The molecule has 28 heavy (non-hydrogen) atoms.